The Balaban J connectivity index is 1.27. The molecule has 0 N–H and O–H groups in total. The first-order valence-corrected chi connectivity index (χ1v) is 10.0. The molecule has 1 fully saturated rings. The third-order valence-electron chi connectivity index (χ3n) is 5.81. The molecule has 0 aromatic heterocycles. The molecule has 2 atom stereocenters. The fourth-order valence-corrected chi connectivity index (χ4v) is 4.39. The second kappa shape index (κ2) is 7.78. The number of fused-ring (bicyclic) bond motifs is 3. The van der Waals surface area contributed by atoms with Crippen molar-refractivity contribution in [3.63, 3.8) is 0 Å². The largest absolute Gasteiger partial charge is 0.489 e. The van der Waals surface area contributed by atoms with E-state index in [1.54, 1.807) is 0 Å². The summed E-state index contributed by atoms with van der Waals surface area (Å²) in [5, 5.41) is 0. The highest BCUT2D eigenvalue weighted by atomic mass is 16.5. The summed E-state index contributed by atoms with van der Waals surface area (Å²) in [6, 6.07) is 27.5. The van der Waals surface area contributed by atoms with Crippen molar-refractivity contribution in [3.05, 3.63) is 101 Å². The van der Waals surface area contributed by atoms with Crippen LogP contribution in [0.1, 0.15) is 28.2 Å². The molecule has 3 heteroatoms. The van der Waals surface area contributed by atoms with E-state index < -0.39 is 0 Å². The van der Waals surface area contributed by atoms with Gasteiger partial charge in [0.2, 0.25) is 0 Å². The number of benzene rings is 3. The standard InChI is InChI=1S/C25H25NO2/c1-3-7-19(8-4-1)14-26-15-24-23-12-11-22(13-21(23)18-28-25(24)16-26)27-17-20-9-5-2-6-10-20/h1-13,24-25H,14-18H2/t24-,25-/m1/s1. The summed E-state index contributed by atoms with van der Waals surface area (Å²) in [6.07, 6.45) is 0.298. The molecule has 0 bridgehead atoms. The lowest BCUT2D eigenvalue weighted by atomic mass is 9.89. The van der Waals surface area contributed by atoms with Crippen LogP contribution >= 0.6 is 0 Å². The summed E-state index contributed by atoms with van der Waals surface area (Å²) in [6.45, 7) is 4.32. The zero-order valence-electron chi connectivity index (χ0n) is 16.0. The van der Waals surface area contributed by atoms with Crippen molar-refractivity contribution in [2.75, 3.05) is 13.1 Å². The molecule has 0 amide bonds. The highest BCUT2D eigenvalue weighted by molar-refractivity contribution is 5.40. The summed E-state index contributed by atoms with van der Waals surface area (Å²) in [5.41, 5.74) is 5.25. The molecule has 5 rings (SSSR count). The first-order valence-electron chi connectivity index (χ1n) is 10.0. The molecule has 1 saturated heterocycles. The number of rotatable bonds is 5. The minimum atomic E-state index is 0.298. The van der Waals surface area contributed by atoms with Gasteiger partial charge in [-0.05, 0) is 34.4 Å². The fourth-order valence-electron chi connectivity index (χ4n) is 4.39. The Morgan fingerprint density at radius 2 is 1.61 bits per heavy atom. The van der Waals surface area contributed by atoms with E-state index >= 15 is 0 Å². The zero-order valence-corrected chi connectivity index (χ0v) is 16.0. The molecule has 3 aromatic carbocycles. The van der Waals surface area contributed by atoms with Crippen LogP contribution in [0.2, 0.25) is 0 Å². The first kappa shape index (κ1) is 17.5. The van der Waals surface area contributed by atoms with Crippen molar-refractivity contribution in [2.45, 2.75) is 31.8 Å². The van der Waals surface area contributed by atoms with Crippen LogP contribution in [-0.4, -0.2) is 24.1 Å². The summed E-state index contributed by atoms with van der Waals surface area (Å²) in [5.74, 6) is 1.37. The Kier molecular flexibility index (Phi) is 4.86. The third-order valence-corrected chi connectivity index (χ3v) is 5.81. The van der Waals surface area contributed by atoms with Crippen LogP contribution in [0, 0.1) is 0 Å². The minimum absolute atomic E-state index is 0.298. The van der Waals surface area contributed by atoms with E-state index in [1.807, 2.05) is 18.2 Å². The van der Waals surface area contributed by atoms with Crippen molar-refractivity contribution >= 4 is 0 Å². The lowest BCUT2D eigenvalue weighted by molar-refractivity contribution is 0.0247. The quantitative estimate of drug-likeness (QED) is 0.645. The van der Waals surface area contributed by atoms with E-state index in [0.29, 0.717) is 25.2 Å². The predicted octanol–water partition coefficient (Wildman–Crippen LogP) is 4.76. The van der Waals surface area contributed by atoms with Gasteiger partial charge in [-0.25, -0.2) is 0 Å². The molecule has 0 aliphatic carbocycles. The van der Waals surface area contributed by atoms with Crippen LogP contribution < -0.4 is 4.74 Å². The molecule has 28 heavy (non-hydrogen) atoms. The molecule has 2 aliphatic rings. The fraction of sp³-hybridized carbons (Fsp3) is 0.280. The monoisotopic (exact) mass is 371 g/mol. The molecule has 0 unspecified atom stereocenters. The predicted molar refractivity (Wildman–Crippen MR) is 110 cm³/mol. The SMILES string of the molecule is c1ccc(COc2ccc3c(c2)CO[C@@H]2CN(Cc4ccccc4)C[C@H]32)cc1. The van der Waals surface area contributed by atoms with Crippen molar-refractivity contribution < 1.29 is 9.47 Å². The number of hydrogen-bond donors (Lipinski definition) is 0. The van der Waals surface area contributed by atoms with E-state index in [0.717, 1.165) is 25.4 Å². The van der Waals surface area contributed by atoms with Crippen LogP contribution in [0.5, 0.6) is 5.75 Å². The van der Waals surface area contributed by atoms with Gasteiger partial charge in [0, 0.05) is 25.6 Å². The van der Waals surface area contributed by atoms with E-state index in [-0.39, 0.29) is 0 Å². The Morgan fingerprint density at radius 1 is 0.857 bits per heavy atom. The maximum Gasteiger partial charge on any atom is 0.120 e. The lowest BCUT2D eigenvalue weighted by Crippen LogP contribution is -2.27. The Labute approximate surface area is 166 Å². The highest BCUT2D eigenvalue weighted by Gasteiger charge is 2.38. The number of nitrogens with zero attached hydrogens (tertiary/aromatic N) is 1. The topological polar surface area (TPSA) is 21.7 Å². The second-order valence-corrected chi connectivity index (χ2v) is 7.77. The molecular weight excluding hydrogens is 346 g/mol. The van der Waals surface area contributed by atoms with Crippen molar-refractivity contribution in [3.8, 4) is 5.75 Å². The number of likely N-dealkylation sites (tertiary alicyclic amines) is 1. The Hall–Kier alpha value is -2.62. The van der Waals surface area contributed by atoms with Gasteiger partial charge < -0.3 is 9.47 Å². The summed E-state index contributed by atoms with van der Waals surface area (Å²) in [7, 11) is 0. The van der Waals surface area contributed by atoms with E-state index in [2.05, 4.69) is 65.6 Å². The van der Waals surface area contributed by atoms with Gasteiger partial charge in [-0.2, -0.15) is 0 Å². The van der Waals surface area contributed by atoms with Crippen LogP contribution in [0.15, 0.2) is 78.9 Å². The lowest BCUT2D eigenvalue weighted by Gasteiger charge is -2.28. The van der Waals surface area contributed by atoms with Gasteiger partial charge in [0.15, 0.2) is 0 Å². The molecule has 142 valence electrons. The smallest absolute Gasteiger partial charge is 0.120 e. The summed E-state index contributed by atoms with van der Waals surface area (Å²) < 4.78 is 12.2. The van der Waals surface area contributed by atoms with Crippen LogP contribution in [0.4, 0.5) is 0 Å². The average molecular weight is 371 g/mol. The maximum atomic E-state index is 6.22. The first-order chi connectivity index (χ1) is 13.8. The third kappa shape index (κ3) is 3.68. The van der Waals surface area contributed by atoms with Crippen molar-refractivity contribution in [1.29, 1.82) is 0 Å². The Bertz CT molecular complexity index is 926. The van der Waals surface area contributed by atoms with Crippen LogP contribution in [0.25, 0.3) is 0 Å². The molecule has 0 radical (unpaired) electrons. The van der Waals surface area contributed by atoms with Gasteiger partial charge in [0.05, 0.1) is 12.7 Å². The normalized spacial score (nSPS) is 21.1. The molecule has 0 saturated carbocycles. The zero-order chi connectivity index (χ0) is 18.8. The molecule has 0 spiro atoms. The van der Waals surface area contributed by atoms with Crippen LogP contribution in [-0.2, 0) is 24.5 Å². The molecule has 2 aliphatic heterocycles. The van der Waals surface area contributed by atoms with Gasteiger partial charge in [0.1, 0.15) is 12.4 Å². The molecule has 2 heterocycles. The maximum absolute atomic E-state index is 6.22. The summed E-state index contributed by atoms with van der Waals surface area (Å²) >= 11 is 0. The van der Waals surface area contributed by atoms with Gasteiger partial charge in [-0.3, -0.25) is 4.90 Å². The van der Waals surface area contributed by atoms with Crippen molar-refractivity contribution in [2.24, 2.45) is 0 Å². The van der Waals surface area contributed by atoms with E-state index in [1.165, 1.54) is 22.3 Å². The van der Waals surface area contributed by atoms with Gasteiger partial charge in [0.25, 0.3) is 0 Å². The van der Waals surface area contributed by atoms with Crippen molar-refractivity contribution in [1.82, 2.24) is 4.90 Å². The number of hydrogen-bond acceptors (Lipinski definition) is 3. The van der Waals surface area contributed by atoms with E-state index in [4.69, 9.17) is 9.47 Å². The molecule has 3 aromatic rings. The van der Waals surface area contributed by atoms with E-state index in [9.17, 15) is 0 Å². The van der Waals surface area contributed by atoms with Gasteiger partial charge in [-0.15, -0.1) is 0 Å². The number of ether oxygens (including phenoxy) is 2. The summed E-state index contributed by atoms with van der Waals surface area (Å²) in [4.78, 5) is 2.51. The van der Waals surface area contributed by atoms with Crippen LogP contribution in [0.3, 0.4) is 0 Å². The molecular formula is C25H25NO2. The Morgan fingerprint density at radius 3 is 2.39 bits per heavy atom. The second-order valence-electron chi connectivity index (χ2n) is 7.77. The van der Waals surface area contributed by atoms with Gasteiger partial charge >= 0.3 is 0 Å². The average Bonchev–Trinajstić information content (AvgIpc) is 3.16. The highest BCUT2D eigenvalue weighted by Crippen LogP contribution is 2.38. The van der Waals surface area contributed by atoms with Gasteiger partial charge in [-0.1, -0.05) is 66.7 Å². The minimum Gasteiger partial charge on any atom is -0.489 e. The molecule has 3 nitrogen and oxygen atoms in total.